The number of nitrogens with one attached hydrogen (secondary N) is 2. The minimum Gasteiger partial charge on any atom is -0.478 e. The van der Waals surface area contributed by atoms with E-state index in [1.165, 1.54) is 5.56 Å². The highest BCUT2D eigenvalue weighted by Crippen LogP contribution is 2.39. The Morgan fingerprint density at radius 3 is 2.47 bits per heavy atom. The highest BCUT2D eigenvalue weighted by molar-refractivity contribution is 7.92. The fraction of sp³-hybridized carbons (Fsp3) is 0.350. The zero-order valence-electron chi connectivity index (χ0n) is 16.8. The molecule has 0 radical (unpaired) electrons. The maximum absolute atomic E-state index is 11.9. The molecule has 1 atom stereocenters. The molecule has 1 aromatic heterocycles. The molecule has 0 spiro atoms. The molecular formula is C20H25N3O6S. The Balaban J connectivity index is 0.000000343. The van der Waals surface area contributed by atoms with Gasteiger partial charge in [-0.3, -0.25) is 4.72 Å². The zero-order valence-corrected chi connectivity index (χ0v) is 17.6. The van der Waals surface area contributed by atoms with Crippen molar-refractivity contribution in [3.8, 4) is 0 Å². The first-order chi connectivity index (χ1) is 14.1. The van der Waals surface area contributed by atoms with Gasteiger partial charge in [-0.1, -0.05) is 12.1 Å². The fourth-order valence-corrected chi connectivity index (χ4v) is 3.94. The van der Waals surface area contributed by atoms with Gasteiger partial charge in [0.1, 0.15) is 5.82 Å². The highest BCUT2D eigenvalue weighted by Gasteiger charge is 2.25. The predicted octanol–water partition coefficient (Wildman–Crippen LogP) is 2.66. The van der Waals surface area contributed by atoms with E-state index in [4.69, 9.17) is 10.2 Å². The largest absolute Gasteiger partial charge is 0.478 e. The van der Waals surface area contributed by atoms with Gasteiger partial charge in [-0.2, -0.15) is 0 Å². The normalized spacial score (nSPS) is 15.7. The first kappa shape index (κ1) is 23.1. The summed E-state index contributed by atoms with van der Waals surface area (Å²) in [4.78, 5) is 26.7. The molecule has 2 aromatic rings. The van der Waals surface area contributed by atoms with Crippen molar-refractivity contribution in [2.45, 2.75) is 39.0 Å². The van der Waals surface area contributed by atoms with Crippen molar-refractivity contribution < 1.29 is 28.2 Å². The number of hydrogen-bond donors (Lipinski definition) is 4. The molecule has 1 heterocycles. The average molecular weight is 436 g/mol. The summed E-state index contributed by atoms with van der Waals surface area (Å²) in [7, 11) is -3.25. The molecule has 0 amide bonds. The van der Waals surface area contributed by atoms with E-state index in [-0.39, 0.29) is 11.7 Å². The maximum atomic E-state index is 11.9. The van der Waals surface area contributed by atoms with Crippen LogP contribution in [0.15, 0.2) is 36.5 Å². The smallest absolute Gasteiger partial charge is 0.328 e. The lowest BCUT2D eigenvalue weighted by Crippen LogP contribution is -2.19. The van der Waals surface area contributed by atoms with Crippen LogP contribution in [0.1, 0.15) is 48.3 Å². The van der Waals surface area contributed by atoms with Crippen LogP contribution in [0.2, 0.25) is 0 Å². The molecule has 1 unspecified atom stereocenters. The van der Waals surface area contributed by atoms with Gasteiger partial charge in [0.15, 0.2) is 0 Å². The van der Waals surface area contributed by atoms with E-state index in [0.29, 0.717) is 12.2 Å². The van der Waals surface area contributed by atoms with Crippen LogP contribution in [-0.2, 0) is 26.0 Å². The number of aryl methyl sites for hydroxylation is 1. The maximum Gasteiger partial charge on any atom is 0.328 e. The Bertz CT molecular complexity index is 1030. The number of imidazole rings is 1. The number of rotatable bonds is 6. The second kappa shape index (κ2) is 10.1. The summed E-state index contributed by atoms with van der Waals surface area (Å²) in [6, 6.07) is 5.87. The number of aromatic amines is 1. The Labute approximate surface area is 174 Å². The number of carboxylic acid groups (broad SMARTS) is 2. The van der Waals surface area contributed by atoms with Crippen molar-refractivity contribution in [1.29, 1.82) is 0 Å². The number of aromatic nitrogens is 2. The topological polar surface area (TPSA) is 149 Å². The molecule has 1 aliphatic rings. The van der Waals surface area contributed by atoms with Crippen molar-refractivity contribution in [2.75, 3.05) is 10.5 Å². The Kier molecular flexibility index (Phi) is 7.76. The molecule has 1 aromatic carbocycles. The summed E-state index contributed by atoms with van der Waals surface area (Å²) in [5.41, 5.74) is 4.14. The molecule has 9 nitrogen and oxygen atoms in total. The second-order valence-electron chi connectivity index (χ2n) is 6.76. The van der Waals surface area contributed by atoms with Crippen molar-refractivity contribution in [3.63, 3.8) is 0 Å². The summed E-state index contributed by atoms with van der Waals surface area (Å²) >= 11 is 0. The van der Waals surface area contributed by atoms with Crippen molar-refractivity contribution in [3.05, 3.63) is 59.2 Å². The molecule has 0 bridgehead atoms. The van der Waals surface area contributed by atoms with E-state index in [1.807, 2.05) is 25.3 Å². The molecule has 3 rings (SSSR count). The number of nitrogens with zero attached hydrogens (tertiary/aromatic N) is 1. The zero-order chi connectivity index (χ0) is 22.3. The van der Waals surface area contributed by atoms with Crippen LogP contribution in [0.25, 0.3) is 0 Å². The molecule has 0 saturated heterocycles. The fourth-order valence-electron chi connectivity index (χ4n) is 3.27. The average Bonchev–Trinajstić information content (AvgIpc) is 3.12. The lowest BCUT2D eigenvalue weighted by Gasteiger charge is -2.26. The van der Waals surface area contributed by atoms with Crippen LogP contribution in [0, 0.1) is 6.92 Å². The highest BCUT2D eigenvalue weighted by atomic mass is 32.2. The van der Waals surface area contributed by atoms with Crippen LogP contribution in [0.4, 0.5) is 5.69 Å². The number of carboxylic acids is 2. The van der Waals surface area contributed by atoms with Gasteiger partial charge in [0.2, 0.25) is 10.0 Å². The van der Waals surface area contributed by atoms with Gasteiger partial charge in [0, 0.05) is 30.0 Å². The Morgan fingerprint density at radius 1 is 1.27 bits per heavy atom. The number of H-pyrrole nitrogens is 1. The van der Waals surface area contributed by atoms with E-state index in [1.54, 1.807) is 6.92 Å². The van der Waals surface area contributed by atoms with Crippen molar-refractivity contribution in [1.82, 2.24) is 9.97 Å². The van der Waals surface area contributed by atoms with Gasteiger partial charge < -0.3 is 15.2 Å². The lowest BCUT2D eigenvalue weighted by atomic mass is 9.80. The molecule has 1 aliphatic carbocycles. The number of benzene rings is 1. The number of carbonyl (C=O) groups is 2. The third-order valence-electron chi connectivity index (χ3n) is 4.62. The summed E-state index contributed by atoms with van der Waals surface area (Å²) in [6.07, 6.45) is 6.00. The standard InChI is InChI=1S/C16H21N3O2S.C4H4O4/c1-3-22(20,21)19-15-9-5-6-12-13(15)7-4-8-14(12)16-10-17-11(2)18-16;5-3(6)1-2-4(7)8/h5-6,9-10,14,19H,3-4,7-8H2,1-2H3,(H,17,18);1-2H,(H,5,6)(H,7,8). The van der Waals surface area contributed by atoms with E-state index < -0.39 is 22.0 Å². The number of sulfonamides is 1. The van der Waals surface area contributed by atoms with Crippen molar-refractivity contribution >= 4 is 27.6 Å². The minimum absolute atomic E-state index is 0.0832. The molecule has 0 aliphatic heterocycles. The Morgan fingerprint density at radius 2 is 1.93 bits per heavy atom. The molecule has 30 heavy (non-hydrogen) atoms. The molecule has 10 heteroatoms. The number of anilines is 1. The first-order valence-corrected chi connectivity index (χ1v) is 11.1. The lowest BCUT2D eigenvalue weighted by molar-refractivity contribution is -0.134. The quantitative estimate of drug-likeness (QED) is 0.509. The van der Waals surface area contributed by atoms with Crippen LogP contribution in [-0.4, -0.2) is 46.3 Å². The van der Waals surface area contributed by atoms with E-state index in [9.17, 15) is 18.0 Å². The second-order valence-corrected chi connectivity index (χ2v) is 8.77. The summed E-state index contributed by atoms with van der Waals surface area (Å²) in [5, 5.41) is 15.6. The first-order valence-electron chi connectivity index (χ1n) is 9.40. The van der Waals surface area contributed by atoms with Crippen molar-refractivity contribution in [2.24, 2.45) is 0 Å². The third-order valence-corrected chi connectivity index (χ3v) is 5.91. The van der Waals surface area contributed by atoms with Crippen LogP contribution in [0.3, 0.4) is 0 Å². The summed E-state index contributed by atoms with van der Waals surface area (Å²) in [6.45, 7) is 3.59. The number of hydrogen-bond acceptors (Lipinski definition) is 5. The third kappa shape index (κ3) is 6.45. The number of fused-ring (bicyclic) bond motifs is 1. The molecule has 0 saturated carbocycles. The van der Waals surface area contributed by atoms with Gasteiger partial charge in [0.05, 0.1) is 11.4 Å². The number of aliphatic carboxylic acids is 2. The molecular weight excluding hydrogens is 410 g/mol. The molecule has 0 fully saturated rings. The Hall–Kier alpha value is -3.14. The predicted molar refractivity (Wildman–Crippen MR) is 112 cm³/mol. The monoisotopic (exact) mass is 435 g/mol. The van der Waals surface area contributed by atoms with Crippen LogP contribution < -0.4 is 4.72 Å². The van der Waals surface area contributed by atoms with Gasteiger partial charge >= 0.3 is 11.9 Å². The minimum atomic E-state index is -3.25. The van der Waals surface area contributed by atoms with Gasteiger partial charge in [-0.05, 0) is 50.3 Å². The molecule has 4 N–H and O–H groups in total. The van der Waals surface area contributed by atoms with E-state index in [2.05, 4.69) is 20.8 Å². The summed E-state index contributed by atoms with van der Waals surface area (Å²) in [5.74, 6) is -1.26. The SMILES string of the molecule is CCS(=O)(=O)Nc1cccc2c1CCCC2c1cnc(C)[nH]1.O=C(O)C=CC(=O)O. The molecule has 162 valence electrons. The van der Waals surface area contributed by atoms with Gasteiger partial charge in [-0.15, -0.1) is 0 Å². The van der Waals surface area contributed by atoms with Gasteiger partial charge in [-0.25, -0.2) is 23.0 Å². The van der Waals surface area contributed by atoms with E-state index >= 15 is 0 Å². The van der Waals surface area contributed by atoms with Crippen LogP contribution in [0.5, 0.6) is 0 Å². The van der Waals surface area contributed by atoms with Crippen LogP contribution >= 0.6 is 0 Å². The van der Waals surface area contributed by atoms with E-state index in [0.717, 1.165) is 42.0 Å². The van der Waals surface area contributed by atoms with Gasteiger partial charge in [0.25, 0.3) is 0 Å². The summed E-state index contributed by atoms with van der Waals surface area (Å²) < 4.78 is 26.5.